The Balaban J connectivity index is 3.11. The standard InChI is InChI=1S/C8H7BrCl2N2O/c1-14-13-7(3-9)8-6(11)2-5(10)4-12-8/h2,4H,3H2,1H3. The van der Waals surface area contributed by atoms with Gasteiger partial charge in [0.2, 0.25) is 0 Å². The summed E-state index contributed by atoms with van der Waals surface area (Å²) in [7, 11) is 1.46. The molecule has 0 amide bonds. The summed E-state index contributed by atoms with van der Waals surface area (Å²) in [6, 6.07) is 1.61. The van der Waals surface area contributed by atoms with Crippen LogP contribution in [0.5, 0.6) is 0 Å². The first-order chi connectivity index (χ1) is 6.69. The minimum absolute atomic E-state index is 0.452. The van der Waals surface area contributed by atoms with E-state index in [9.17, 15) is 0 Å². The first-order valence-corrected chi connectivity index (χ1v) is 5.54. The maximum atomic E-state index is 5.93. The van der Waals surface area contributed by atoms with Crippen molar-refractivity contribution in [2.75, 3.05) is 12.4 Å². The van der Waals surface area contributed by atoms with E-state index in [1.807, 2.05) is 0 Å². The van der Waals surface area contributed by atoms with Crippen molar-refractivity contribution < 1.29 is 4.84 Å². The molecule has 14 heavy (non-hydrogen) atoms. The van der Waals surface area contributed by atoms with E-state index in [4.69, 9.17) is 23.2 Å². The fraction of sp³-hybridized carbons (Fsp3) is 0.250. The molecule has 0 aromatic carbocycles. The zero-order chi connectivity index (χ0) is 10.6. The molecule has 0 radical (unpaired) electrons. The summed E-state index contributed by atoms with van der Waals surface area (Å²) in [5.41, 5.74) is 1.18. The average molecular weight is 298 g/mol. The number of hydrogen-bond acceptors (Lipinski definition) is 3. The van der Waals surface area contributed by atoms with Gasteiger partial charge in [-0.05, 0) is 6.07 Å². The zero-order valence-corrected chi connectivity index (χ0v) is 10.4. The van der Waals surface area contributed by atoms with E-state index in [0.717, 1.165) is 0 Å². The van der Waals surface area contributed by atoms with Crippen molar-refractivity contribution in [3.05, 3.63) is 28.0 Å². The highest BCUT2D eigenvalue weighted by molar-refractivity contribution is 9.09. The van der Waals surface area contributed by atoms with Crippen LogP contribution in [0, 0.1) is 0 Å². The molecule has 1 rings (SSSR count). The molecule has 0 saturated carbocycles. The Hall–Kier alpha value is -0.320. The lowest BCUT2D eigenvalue weighted by atomic mass is 10.2. The first-order valence-electron chi connectivity index (χ1n) is 3.66. The zero-order valence-electron chi connectivity index (χ0n) is 7.30. The Morgan fingerprint density at radius 1 is 1.64 bits per heavy atom. The Morgan fingerprint density at radius 2 is 2.36 bits per heavy atom. The minimum Gasteiger partial charge on any atom is -0.399 e. The number of pyridine rings is 1. The molecule has 76 valence electrons. The van der Waals surface area contributed by atoms with E-state index in [2.05, 4.69) is 30.9 Å². The number of rotatable bonds is 3. The molecule has 0 saturated heterocycles. The maximum Gasteiger partial charge on any atom is 0.117 e. The van der Waals surface area contributed by atoms with Gasteiger partial charge in [0.05, 0.1) is 15.4 Å². The fourth-order valence-corrected chi connectivity index (χ4v) is 1.73. The Kier molecular flexibility index (Phi) is 4.65. The van der Waals surface area contributed by atoms with Gasteiger partial charge in [-0.25, -0.2) is 0 Å². The molecule has 0 unspecified atom stereocenters. The molecule has 0 bridgehead atoms. The molecule has 3 nitrogen and oxygen atoms in total. The number of oxime groups is 1. The molecular weight excluding hydrogens is 291 g/mol. The van der Waals surface area contributed by atoms with Crippen LogP contribution in [-0.2, 0) is 4.84 Å². The quantitative estimate of drug-likeness (QED) is 0.488. The summed E-state index contributed by atoms with van der Waals surface area (Å²) >= 11 is 14.9. The lowest BCUT2D eigenvalue weighted by Gasteiger charge is -2.03. The molecule has 0 aliphatic carbocycles. The molecule has 0 spiro atoms. The smallest absolute Gasteiger partial charge is 0.117 e. The summed E-state index contributed by atoms with van der Waals surface area (Å²) in [6.07, 6.45) is 1.51. The highest BCUT2D eigenvalue weighted by atomic mass is 79.9. The third-order valence-electron chi connectivity index (χ3n) is 1.41. The predicted molar refractivity (Wildman–Crippen MR) is 61.6 cm³/mol. The molecule has 1 heterocycles. The highest BCUT2D eigenvalue weighted by Gasteiger charge is 2.09. The van der Waals surface area contributed by atoms with Gasteiger partial charge in [-0.15, -0.1) is 0 Å². The van der Waals surface area contributed by atoms with E-state index >= 15 is 0 Å². The summed E-state index contributed by atoms with van der Waals surface area (Å²) in [6.45, 7) is 0. The molecule has 0 atom stereocenters. The number of aromatic nitrogens is 1. The van der Waals surface area contributed by atoms with E-state index < -0.39 is 0 Å². The van der Waals surface area contributed by atoms with Crippen molar-refractivity contribution in [1.29, 1.82) is 0 Å². The lowest BCUT2D eigenvalue weighted by Crippen LogP contribution is -2.06. The van der Waals surface area contributed by atoms with Crippen molar-refractivity contribution in [2.45, 2.75) is 0 Å². The molecule has 6 heteroatoms. The SMILES string of the molecule is CON=C(CBr)c1ncc(Cl)cc1Cl. The largest absolute Gasteiger partial charge is 0.399 e. The summed E-state index contributed by atoms with van der Waals surface area (Å²) < 4.78 is 0. The Morgan fingerprint density at radius 3 is 2.86 bits per heavy atom. The Labute approximate surface area is 100 Å². The van der Waals surface area contributed by atoms with E-state index in [-0.39, 0.29) is 0 Å². The average Bonchev–Trinajstić information content (AvgIpc) is 2.15. The molecule has 1 aromatic heterocycles. The van der Waals surface area contributed by atoms with E-state index in [1.165, 1.54) is 13.3 Å². The van der Waals surface area contributed by atoms with Crippen molar-refractivity contribution in [3.8, 4) is 0 Å². The van der Waals surface area contributed by atoms with Gasteiger partial charge in [0.15, 0.2) is 0 Å². The maximum absolute atomic E-state index is 5.93. The fourth-order valence-electron chi connectivity index (χ4n) is 0.868. The van der Waals surface area contributed by atoms with Crippen molar-refractivity contribution in [2.24, 2.45) is 5.16 Å². The van der Waals surface area contributed by atoms with Crippen LogP contribution in [0.4, 0.5) is 0 Å². The third-order valence-corrected chi connectivity index (χ3v) is 2.44. The number of hydrogen-bond donors (Lipinski definition) is 0. The molecule has 0 fully saturated rings. The topological polar surface area (TPSA) is 34.5 Å². The van der Waals surface area contributed by atoms with Gasteiger partial charge >= 0.3 is 0 Å². The Bertz CT molecular complexity index is 357. The normalized spacial score (nSPS) is 11.6. The van der Waals surface area contributed by atoms with E-state index in [0.29, 0.717) is 26.8 Å². The van der Waals surface area contributed by atoms with Gasteiger partial charge in [-0.3, -0.25) is 4.98 Å². The number of alkyl halides is 1. The highest BCUT2D eigenvalue weighted by Crippen LogP contribution is 2.19. The van der Waals surface area contributed by atoms with Crippen LogP contribution in [0.2, 0.25) is 10.0 Å². The first kappa shape index (κ1) is 11.8. The molecule has 0 aliphatic heterocycles. The minimum atomic E-state index is 0.452. The van der Waals surface area contributed by atoms with Gasteiger partial charge in [-0.1, -0.05) is 44.3 Å². The predicted octanol–water partition coefficient (Wildman–Crippen LogP) is 3.13. The van der Waals surface area contributed by atoms with Crippen LogP contribution in [0.3, 0.4) is 0 Å². The van der Waals surface area contributed by atoms with Gasteiger partial charge in [0.25, 0.3) is 0 Å². The van der Waals surface area contributed by atoms with Crippen molar-refractivity contribution in [3.63, 3.8) is 0 Å². The summed E-state index contributed by atoms with van der Waals surface area (Å²) in [5, 5.41) is 5.23. The van der Waals surface area contributed by atoms with Crippen LogP contribution >= 0.6 is 39.1 Å². The van der Waals surface area contributed by atoms with Crippen LogP contribution < -0.4 is 0 Å². The molecule has 0 N–H and O–H groups in total. The van der Waals surface area contributed by atoms with Crippen molar-refractivity contribution in [1.82, 2.24) is 4.98 Å². The molecular formula is C8H7BrCl2N2O. The van der Waals surface area contributed by atoms with Crippen LogP contribution in [0.15, 0.2) is 17.4 Å². The second kappa shape index (κ2) is 5.53. The second-order valence-electron chi connectivity index (χ2n) is 2.34. The van der Waals surface area contributed by atoms with Crippen molar-refractivity contribution >= 4 is 44.8 Å². The van der Waals surface area contributed by atoms with Crippen LogP contribution in [0.1, 0.15) is 5.69 Å². The molecule has 1 aromatic rings. The van der Waals surface area contributed by atoms with Crippen LogP contribution in [0.25, 0.3) is 0 Å². The van der Waals surface area contributed by atoms with E-state index in [1.54, 1.807) is 6.07 Å². The summed E-state index contributed by atoms with van der Waals surface area (Å²) in [5.74, 6) is 0. The molecule has 0 aliphatic rings. The van der Waals surface area contributed by atoms with Gasteiger partial charge in [0, 0.05) is 6.20 Å². The van der Waals surface area contributed by atoms with Gasteiger partial charge < -0.3 is 4.84 Å². The van der Waals surface area contributed by atoms with Gasteiger partial charge in [0.1, 0.15) is 18.5 Å². The monoisotopic (exact) mass is 296 g/mol. The second-order valence-corrected chi connectivity index (χ2v) is 3.74. The lowest BCUT2D eigenvalue weighted by molar-refractivity contribution is 0.213. The number of halogens is 3. The van der Waals surface area contributed by atoms with Crippen LogP contribution in [-0.4, -0.2) is 23.1 Å². The summed E-state index contributed by atoms with van der Waals surface area (Å²) in [4.78, 5) is 8.72. The van der Waals surface area contributed by atoms with Gasteiger partial charge in [-0.2, -0.15) is 0 Å². The third kappa shape index (κ3) is 2.83. The number of nitrogens with zero attached hydrogens (tertiary/aromatic N) is 2.